The molecule has 1 aromatic carbocycles. The minimum Gasteiger partial charge on any atom is -0.469 e. The molecular formula is C27H38N4O4S. The van der Waals surface area contributed by atoms with Crippen molar-refractivity contribution in [2.24, 2.45) is 0 Å². The third-order valence-electron chi connectivity index (χ3n) is 7.38. The number of rotatable bonds is 6. The molecule has 2 aromatic rings. The molecule has 2 saturated heterocycles. The van der Waals surface area contributed by atoms with E-state index in [2.05, 4.69) is 40.5 Å². The zero-order chi connectivity index (χ0) is 25.1. The monoisotopic (exact) mass is 514 g/mol. The number of ether oxygens (including phenoxy) is 3. The van der Waals surface area contributed by atoms with Gasteiger partial charge in [0.05, 0.1) is 33.0 Å². The van der Waals surface area contributed by atoms with E-state index in [0.717, 1.165) is 57.1 Å². The van der Waals surface area contributed by atoms with Crippen molar-refractivity contribution in [3.05, 3.63) is 47.0 Å². The van der Waals surface area contributed by atoms with Gasteiger partial charge in [0.25, 0.3) is 0 Å². The zero-order valence-corrected chi connectivity index (χ0v) is 22.4. The topological polar surface area (TPSA) is 76.2 Å². The van der Waals surface area contributed by atoms with E-state index in [0.29, 0.717) is 37.1 Å². The zero-order valence-electron chi connectivity index (χ0n) is 21.6. The molecule has 3 aliphatic heterocycles. The molecule has 0 aliphatic carbocycles. The van der Waals surface area contributed by atoms with Gasteiger partial charge in [0.1, 0.15) is 27.3 Å². The first-order valence-corrected chi connectivity index (χ1v) is 14.1. The van der Waals surface area contributed by atoms with Crippen LogP contribution in [0.15, 0.2) is 35.2 Å². The van der Waals surface area contributed by atoms with Gasteiger partial charge in [-0.05, 0) is 43.5 Å². The summed E-state index contributed by atoms with van der Waals surface area (Å²) in [4.78, 5) is 7.99. The van der Waals surface area contributed by atoms with Crippen LogP contribution in [0.25, 0.3) is 0 Å². The summed E-state index contributed by atoms with van der Waals surface area (Å²) in [5, 5.41) is 3.58. The Morgan fingerprint density at radius 2 is 1.81 bits per heavy atom. The summed E-state index contributed by atoms with van der Waals surface area (Å²) in [6.07, 6.45) is 1.50. The van der Waals surface area contributed by atoms with E-state index >= 15 is 0 Å². The number of aryl methyl sites for hydroxylation is 2. The van der Waals surface area contributed by atoms with Crippen LogP contribution in [0.3, 0.4) is 0 Å². The second kappa shape index (κ2) is 11.1. The molecule has 1 spiro atoms. The number of anilines is 1. The molecule has 0 saturated carbocycles. The maximum absolute atomic E-state index is 14.0. The number of hydrogen-bond acceptors (Lipinski definition) is 7. The second-order valence-corrected chi connectivity index (χ2v) is 11.7. The smallest absolute Gasteiger partial charge is 0.233 e. The highest BCUT2D eigenvalue weighted by Gasteiger charge is 2.43. The first-order valence-electron chi connectivity index (χ1n) is 13.0. The third kappa shape index (κ3) is 5.75. The van der Waals surface area contributed by atoms with Crippen LogP contribution in [0.2, 0.25) is 0 Å². The lowest BCUT2D eigenvalue weighted by molar-refractivity contribution is -0.0551. The number of nitrogens with zero attached hydrogens (tertiary/aromatic N) is 3. The molecule has 0 bridgehead atoms. The van der Waals surface area contributed by atoms with Gasteiger partial charge in [-0.2, -0.15) is 4.98 Å². The molecule has 36 heavy (non-hydrogen) atoms. The summed E-state index contributed by atoms with van der Waals surface area (Å²) in [6, 6.07) is 10.5. The van der Waals surface area contributed by atoms with Crippen molar-refractivity contribution in [1.29, 1.82) is 0 Å². The lowest BCUT2D eigenvalue weighted by atomic mass is 9.93. The fourth-order valence-electron chi connectivity index (χ4n) is 5.22. The summed E-state index contributed by atoms with van der Waals surface area (Å²) in [5.74, 6) is 1.27. The molecule has 2 fully saturated rings. The normalized spacial score (nSPS) is 23.5. The molecule has 1 aromatic heterocycles. The van der Waals surface area contributed by atoms with Crippen molar-refractivity contribution < 1.29 is 18.4 Å². The molecule has 0 radical (unpaired) electrons. The van der Waals surface area contributed by atoms with Crippen LogP contribution in [-0.2, 0) is 27.0 Å². The Morgan fingerprint density at radius 3 is 2.56 bits per heavy atom. The summed E-state index contributed by atoms with van der Waals surface area (Å²) in [7, 11) is -1.39. The van der Waals surface area contributed by atoms with Gasteiger partial charge in [-0.15, -0.1) is 0 Å². The van der Waals surface area contributed by atoms with E-state index < -0.39 is 16.6 Å². The second-order valence-electron chi connectivity index (χ2n) is 10.3. The Balaban J connectivity index is 1.42. The molecule has 3 aliphatic rings. The number of morpholine rings is 1. The highest BCUT2D eigenvalue weighted by Crippen LogP contribution is 2.38. The summed E-state index contributed by atoms with van der Waals surface area (Å²) >= 11 is 0. The van der Waals surface area contributed by atoms with E-state index in [-0.39, 0.29) is 6.04 Å². The minimum absolute atomic E-state index is 0.207. The van der Waals surface area contributed by atoms with E-state index in [1.807, 2.05) is 25.1 Å². The highest BCUT2D eigenvalue weighted by atomic mass is 32.2. The fourth-order valence-corrected chi connectivity index (χ4v) is 6.62. The van der Waals surface area contributed by atoms with Crippen molar-refractivity contribution in [3.63, 3.8) is 0 Å². The van der Waals surface area contributed by atoms with Gasteiger partial charge in [0, 0.05) is 45.1 Å². The summed E-state index contributed by atoms with van der Waals surface area (Å²) in [5.41, 5.74) is 2.87. The minimum atomic E-state index is -1.39. The highest BCUT2D eigenvalue weighted by molar-refractivity contribution is 7.82. The molecule has 4 heterocycles. The van der Waals surface area contributed by atoms with Gasteiger partial charge in [-0.1, -0.05) is 24.3 Å². The molecule has 0 amide bonds. The molecule has 5 rings (SSSR count). The third-order valence-corrected chi connectivity index (χ3v) is 8.77. The summed E-state index contributed by atoms with van der Waals surface area (Å²) in [6.45, 7) is 13.1. The van der Waals surface area contributed by atoms with Gasteiger partial charge in [0.2, 0.25) is 5.88 Å². The van der Waals surface area contributed by atoms with Gasteiger partial charge in [-0.3, -0.25) is 4.90 Å². The molecule has 2 unspecified atom stereocenters. The number of aromatic nitrogens is 1. The van der Waals surface area contributed by atoms with E-state index in [4.69, 9.17) is 19.2 Å². The quantitative estimate of drug-likeness (QED) is 0.634. The van der Waals surface area contributed by atoms with Crippen LogP contribution >= 0.6 is 0 Å². The molecule has 196 valence electrons. The van der Waals surface area contributed by atoms with Gasteiger partial charge >= 0.3 is 0 Å². The Kier molecular flexibility index (Phi) is 7.93. The number of benzene rings is 1. The molecule has 9 heteroatoms. The number of hydrogen-bond donors (Lipinski definition) is 1. The largest absolute Gasteiger partial charge is 0.469 e. The standard InChI is InChI=1S/C27H38N4O4S/c1-20-6-4-5-7-23(20)18-31-19-27(8-12-33-13-9-27)35-26-24(36(31)32)16-21(2)25(29-26)28-22(3)17-30-10-14-34-15-11-30/h4-7,16,22H,8-15,17-19H2,1-3H3,(H,28,29). The van der Waals surface area contributed by atoms with Crippen LogP contribution in [0.5, 0.6) is 5.88 Å². The van der Waals surface area contributed by atoms with Gasteiger partial charge in [0.15, 0.2) is 0 Å². The van der Waals surface area contributed by atoms with E-state index in [9.17, 15) is 4.21 Å². The fraction of sp³-hybridized carbons (Fsp3) is 0.593. The van der Waals surface area contributed by atoms with Crippen molar-refractivity contribution in [3.8, 4) is 5.88 Å². The average Bonchev–Trinajstić information content (AvgIpc) is 2.96. The Labute approximate surface area is 216 Å². The molecule has 2 atom stereocenters. The molecular weight excluding hydrogens is 476 g/mol. The van der Waals surface area contributed by atoms with E-state index in [1.54, 1.807) is 0 Å². The Bertz CT molecular complexity index is 1090. The first-order chi connectivity index (χ1) is 17.4. The van der Waals surface area contributed by atoms with Gasteiger partial charge < -0.3 is 19.5 Å². The van der Waals surface area contributed by atoms with Crippen LogP contribution in [0, 0.1) is 13.8 Å². The Morgan fingerprint density at radius 1 is 1.08 bits per heavy atom. The number of pyridine rings is 1. The first kappa shape index (κ1) is 25.6. The predicted octanol–water partition coefficient (Wildman–Crippen LogP) is 3.30. The van der Waals surface area contributed by atoms with Crippen LogP contribution in [0.4, 0.5) is 5.82 Å². The number of nitrogens with one attached hydrogen (secondary N) is 1. The summed E-state index contributed by atoms with van der Waals surface area (Å²) < 4.78 is 33.9. The number of fused-ring (bicyclic) bond motifs is 1. The van der Waals surface area contributed by atoms with E-state index in [1.165, 1.54) is 11.1 Å². The van der Waals surface area contributed by atoms with Crippen molar-refractivity contribution in [2.75, 3.05) is 57.9 Å². The molecule has 1 N–H and O–H groups in total. The predicted molar refractivity (Wildman–Crippen MR) is 141 cm³/mol. The van der Waals surface area contributed by atoms with Crippen LogP contribution in [0.1, 0.15) is 36.5 Å². The Hall–Kier alpha value is -2.04. The van der Waals surface area contributed by atoms with Crippen LogP contribution in [-0.4, -0.2) is 82.6 Å². The lowest BCUT2D eigenvalue weighted by Crippen LogP contribution is -2.49. The van der Waals surface area contributed by atoms with Crippen molar-refractivity contribution in [2.45, 2.75) is 56.7 Å². The van der Waals surface area contributed by atoms with Gasteiger partial charge in [-0.25, -0.2) is 8.51 Å². The van der Waals surface area contributed by atoms with Crippen LogP contribution < -0.4 is 10.1 Å². The molecule has 8 nitrogen and oxygen atoms in total. The maximum Gasteiger partial charge on any atom is 0.233 e. The van der Waals surface area contributed by atoms with Crippen molar-refractivity contribution in [1.82, 2.24) is 14.2 Å². The lowest BCUT2D eigenvalue weighted by Gasteiger charge is -2.38. The van der Waals surface area contributed by atoms with Crippen molar-refractivity contribution >= 4 is 16.8 Å². The SMILES string of the molecule is Cc1ccccc1CN1CC2(CCOCC2)Oc2nc(NC(C)CN3CCOCC3)c(C)cc2S1=O. The average molecular weight is 515 g/mol. The maximum atomic E-state index is 14.0.